The minimum atomic E-state index is -0.478. The first-order valence-corrected chi connectivity index (χ1v) is 7.67. The number of fused-ring (bicyclic) bond motifs is 1. The normalized spacial score (nSPS) is 19.8. The number of anilines is 1. The molecule has 0 radical (unpaired) electrons. The van der Waals surface area contributed by atoms with Crippen LogP contribution in [0.3, 0.4) is 0 Å². The Hall–Kier alpha value is -2.18. The van der Waals surface area contributed by atoms with Crippen LogP contribution in [0.5, 0.6) is 5.75 Å². The average molecular weight is 314 g/mol. The lowest BCUT2D eigenvalue weighted by Gasteiger charge is -2.37. The van der Waals surface area contributed by atoms with E-state index in [1.165, 1.54) is 0 Å². The zero-order chi connectivity index (χ0) is 16.3. The summed E-state index contributed by atoms with van der Waals surface area (Å²) in [5.41, 5.74) is 1.61. The topological polar surface area (TPSA) is 70.5 Å². The molecule has 23 heavy (non-hydrogen) atoms. The highest BCUT2D eigenvalue weighted by atomic mass is 16.5. The van der Waals surface area contributed by atoms with Crippen molar-refractivity contribution in [1.82, 2.24) is 15.3 Å². The number of hydrogen-bond donors (Lipinski definition) is 2. The minimum Gasteiger partial charge on any atom is -0.491 e. The fraction of sp³-hybridized carbons (Fsp3) is 0.412. The molecular formula is C17H22N4O2. The Labute approximate surface area is 136 Å². The molecule has 0 bridgehead atoms. The summed E-state index contributed by atoms with van der Waals surface area (Å²) in [6.07, 6.45) is 4.34. The molecular weight excluding hydrogens is 292 g/mol. The van der Waals surface area contributed by atoms with Gasteiger partial charge in [-0.25, -0.2) is 9.97 Å². The molecule has 6 nitrogen and oxygen atoms in total. The van der Waals surface area contributed by atoms with Gasteiger partial charge in [0.2, 0.25) is 5.95 Å². The molecule has 1 unspecified atom stereocenters. The molecule has 3 rings (SSSR count). The van der Waals surface area contributed by atoms with E-state index in [9.17, 15) is 5.11 Å². The molecule has 0 amide bonds. The van der Waals surface area contributed by atoms with Crippen LogP contribution in [0, 0.1) is 0 Å². The standard InChI is InChI=1S/C17H22N4O2/c1-21(2)16-18-8-13(9-19-16)10-20-17(11-22)7-14-5-3-4-6-15(14)23-12-17/h3-6,8-9,20,22H,7,10-12H2,1-2H3. The largest absolute Gasteiger partial charge is 0.491 e. The maximum atomic E-state index is 9.88. The van der Waals surface area contributed by atoms with Gasteiger partial charge < -0.3 is 20.1 Å². The molecule has 1 aliphatic rings. The lowest BCUT2D eigenvalue weighted by atomic mass is 9.89. The van der Waals surface area contributed by atoms with E-state index in [1.807, 2.05) is 43.3 Å². The summed E-state index contributed by atoms with van der Waals surface area (Å²) in [5.74, 6) is 1.58. The molecule has 0 saturated carbocycles. The van der Waals surface area contributed by atoms with Crippen LogP contribution in [0.25, 0.3) is 0 Å². The van der Waals surface area contributed by atoms with E-state index in [-0.39, 0.29) is 6.61 Å². The molecule has 1 aliphatic heterocycles. The lowest BCUT2D eigenvalue weighted by Crippen LogP contribution is -2.56. The van der Waals surface area contributed by atoms with Gasteiger partial charge in [-0.05, 0) is 18.1 Å². The maximum Gasteiger partial charge on any atom is 0.224 e. The van der Waals surface area contributed by atoms with Crippen molar-refractivity contribution in [2.24, 2.45) is 0 Å². The minimum absolute atomic E-state index is 0.0119. The van der Waals surface area contributed by atoms with E-state index in [4.69, 9.17) is 4.74 Å². The quantitative estimate of drug-likeness (QED) is 0.858. The van der Waals surface area contributed by atoms with Crippen LogP contribution in [0.2, 0.25) is 0 Å². The number of aromatic nitrogens is 2. The van der Waals surface area contributed by atoms with E-state index in [0.29, 0.717) is 19.1 Å². The molecule has 1 aromatic heterocycles. The Morgan fingerprint density at radius 2 is 2.00 bits per heavy atom. The van der Waals surface area contributed by atoms with E-state index < -0.39 is 5.54 Å². The average Bonchev–Trinajstić information content (AvgIpc) is 2.60. The Kier molecular flexibility index (Phi) is 4.45. The number of nitrogens with zero attached hydrogens (tertiary/aromatic N) is 3. The highest BCUT2D eigenvalue weighted by molar-refractivity contribution is 5.37. The zero-order valence-electron chi connectivity index (χ0n) is 13.5. The summed E-state index contributed by atoms with van der Waals surface area (Å²) in [7, 11) is 3.82. The van der Waals surface area contributed by atoms with Crippen molar-refractivity contribution in [3.05, 3.63) is 47.8 Å². The summed E-state index contributed by atoms with van der Waals surface area (Å²) in [5, 5.41) is 13.3. The first-order valence-electron chi connectivity index (χ1n) is 7.67. The second kappa shape index (κ2) is 6.52. The predicted octanol–water partition coefficient (Wildman–Crippen LogP) is 0.998. The molecule has 0 spiro atoms. The van der Waals surface area contributed by atoms with E-state index >= 15 is 0 Å². The molecule has 0 aliphatic carbocycles. The van der Waals surface area contributed by atoms with Gasteiger partial charge in [-0.1, -0.05) is 18.2 Å². The summed E-state index contributed by atoms with van der Waals surface area (Å²) >= 11 is 0. The van der Waals surface area contributed by atoms with Crippen molar-refractivity contribution < 1.29 is 9.84 Å². The molecule has 0 fully saturated rings. The summed E-state index contributed by atoms with van der Waals surface area (Å²) in [4.78, 5) is 10.5. The Balaban J connectivity index is 1.68. The first kappa shape index (κ1) is 15.7. The second-order valence-electron chi connectivity index (χ2n) is 6.15. The number of benzene rings is 1. The second-order valence-corrected chi connectivity index (χ2v) is 6.15. The smallest absolute Gasteiger partial charge is 0.224 e. The highest BCUT2D eigenvalue weighted by Crippen LogP contribution is 2.29. The van der Waals surface area contributed by atoms with Crippen LogP contribution in [0.15, 0.2) is 36.7 Å². The summed E-state index contributed by atoms with van der Waals surface area (Å²) < 4.78 is 5.81. The van der Waals surface area contributed by atoms with Crippen LogP contribution in [-0.2, 0) is 13.0 Å². The number of ether oxygens (including phenoxy) is 1. The van der Waals surface area contributed by atoms with Gasteiger partial charge in [-0.15, -0.1) is 0 Å². The molecule has 1 atom stereocenters. The van der Waals surface area contributed by atoms with Crippen molar-refractivity contribution in [3.63, 3.8) is 0 Å². The molecule has 0 saturated heterocycles. The maximum absolute atomic E-state index is 9.88. The number of rotatable bonds is 5. The third-order valence-corrected chi connectivity index (χ3v) is 4.07. The molecule has 1 aromatic carbocycles. The van der Waals surface area contributed by atoms with Crippen LogP contribution in [-0.4, -0.2) is 47.9 Å². The Bertz CT molecular complexity index is 660. The molecule has 2 aromatic rings. The third kappa shape index (κ3) is 3.43. The Morgan fingerprint density at radius 1 is 1.26 bits per heavy atom. The van der Waals surface area contributed by atoms with Gasteiger partial charge in [-0.2, -0.15) is 0 Å². The number of nitrogens with one attached hydrogen (secondary N) is 1. The SMILES string of the molecule is CN(C)c1ncc(CNC2(CO)COc3ccccc3C2)cn1. The Morgan fingerprint density at radius 3 is 2.70 bits per heavy atom. The van der Waals surface area contributed by atoms with Gasteiger partial charge in [0.1, 0.15) is 12.4 Å². The van der Waals surface area contributed by atoms with Gasteiger partial charge in [0, 0.05) is 38.6 Å². The fourth-order valence-electron chi connectivity index (χ4n) is 2.65. The molecule has 6 heteroatoms. The number of hydrogen-bond acceptors (Lipinski definition) is 6. The van der Waals surface area contributed by atoms with Crippen molar-refractivity contribution in [3.8, 4) is 5.75 Å². The summed E-state index contributed by atoms with van der Waals surface area (Å²) in [6, 6.07) is 7.95. The van der Waals surface area contributed by atoms with Crippen molar-refractivity contribution in [2.75, 3.05) is 32.2 Å². The van der Waals surface area contributed by atoms with Gasteiger partial charge >= 0.3 is 0 Å². The first-order chi connectivity index (χ1) is 11.1. The van der Waals surface area contributed by atoms with Gasteiger partial charge in [0.15, 0.2) is 0 Å². The van der Waals surface area contributed by atoms with E-state index in [1.54, 1.807) is 12.4 Å². The number of aliphatic hydroxyl groups excluding tert-OH is 1. The van der Waals surface area contributed by atoms with Crippen LogP contribution >= 0.6 is 0 Å². The fourth-order valence-corrected chi connectivity index (χ4v) is 2.65. The zero-order valence-corrected chi connectivity index (χ0v) is 13.5. The highest BCUT2D eigenvalue weighted by Gasteiger charge is 2.34. The van der Waals surface area contributed by atoms with Crippen LogP contribution < -0.4 is 15.0 Å². The van der Waals surface area contributed by atoms with Crippen LogP contribution in [0.1, 0.15) is 11.1 Å². The van der Waals surface area contributed by atoms with Crippen molar-refractivity contribution >= 4 is 5.95 Å². The molecule has 2 N–H and O–H groups in total. The molecule has 2 heterocycles. The van der Waals surface area contributed by atoms with Crippen molar-refractivity contribution in [2.45, 2.75) is 18.5 Å². The van der Waals surface area contributed by atoms with Crippen LogP contribution in [0.4, 0.5) is 5.95 Å². The van der Waals surface area contributed by atoms with Crippen molar-refractivity contribution in [1.29, 1.82) is 0 Å². The van der Waals surface area contributed by atoms with Gasteiger partial charge in [0.25, 0.3) is 0 Å². The van der Waals surface area contributed by atoms with E-state index in [0.717, 1.165) is 23.3 Å². The number of para-hydroxylation sites is 1. The van der Waals surface area contributed by atoms with E-state index in [2.05, 4.69) is 15.3 Å². The monoisotopic (exact) mass is 314 g/mol. The number of aliphatic hydroxyl groups is 1. The third-order valence-electron chi connectivity index (χ3n) is 4.07. The van der Waals surface area contributed by atoms with Gasteiger partial charge in [-0.3, -0.25) is 0 Å². The molecule has 122 valence electrons. The predicted molar refractivity (Wildman–Crippen MR) is 88.7 cm³/mol. The van der Waals surface area contributed by atoms with Gasteiger partial charge in [0.05, 0.1) is 12.1 Å². The lowest BCUT2D eigenvalue weighted by molar-refractivity contribution is 0.0860. The summed E-state index contributed by atoms with van der Waals surface area (Å²) in [6.45, 7) is 1.04.